The highest BCUT2D eigenvalue weighted by atomic mass is 16.5. The van der Waals surface area contributed by atoms with E-state index in [2.05, 4.69) is 10.9 Å². The first-order chi connectivity index (χ1) is 11.1. The van der Waals surface area contributed by atoms with E-state index >= 15 is 0 Å². The molecular weight excluding hydrogens is 302 g/mol. The summed E-state index contributed by atoms with van der Waals surface area (Å²) in [6, 6.07) is 3.09. The van der Waals surface area contributed by atoms with E-state index in [1.54, 1.807) is 13.0 Å². The van der Waals surface area contributed by atoms with Crippen molar-refractivity contribution in [1.29, 1.82) is 0 Å². The van der Waals surface area contributed by atoms with E-state index in [-0.39, 0.29) is 30.1 Å². The number of hydrogen-bond donors (Lipinski definition) is 3. The molecule has 2 rings (SSSR count). The molecule has 1 saturated heterocycles. The van der Waals surface area contributed by atoms with Gasteiger partial charge in [-0.1, -0.05) is 0 Å². The molecule has 1 aliphatic rings. The number of hydrazine groups is 1. The molecule has 126 valence electrons. The number of rotatable bonds is 5. The molecule has 1 fully saturated rings. The van der Waals surface area contributed by atoms with E-state index in [0.717, 1.165) is 24.3 Å². The van der Waals surface area contributed by atoms with Crippen LogP contribution >= 0.6 is 0 Å². The van der Waals surface area contributed by atoms with Crippen molar-refractivity contribution in [1.82, 2.24) is 10.9 Å². The second-order valence-electron chi connectivity index (χ2n) is 5.45. The fourth-order valence-corrected chi connectivity index (χ4v) is 2.64. The highest BCUT2D eigenvalue weighted by Crippen LogP contribution is 2.09. The first-order valence-electron chi connectivity index (χ1n) is 7.73. The van der Waals surface area contributed by atoms with Crippen molar-refractivity contribution < 1.29 is 28.4 Å². The summed E-state index contributed by atoms with van der Waals surface area (Å²) < 4.78 is 9.96. The number of carbonyl (C=O) groups is 3. The molecule has 8 nitrogen and oxygen atoms in total. The van der Waals surface area contributed by atoms with Gasteiger partial charge in [-0.25, -0.2) is 0 Å². The molecule has 1 aliphatic heterocycles. The van der Waals surface area contributed by atoms with Crippen LogP contribution in [0.25, 0.3) is 0 Å². The monoisotopic (exact) mass is 324 g/mol. The van der Waals surface area contributed by atoms with Gasteiger partial charge < -0.3 is 14.1 Å². The van der Waals surface area contributed by atoms with Crippen molar-refractivity contribution in [3.05, 3.63) is 24.2 Å². The molecule has 0 aliphatic carbocycles. The molecule has 1 aromatic rings. The van der Waals surface area contributed by atoms with Gasteiger partial charge in [-0.15, -0.1) is 0 Å². The molecule has 1 aromatic heterocycles. The van der Waals surface area contributed by atoms with Gasteiger partial charge in [0, 0.05) is 0 Å². The predicted molar refractivity (Wildman–Crippen MR) is 79.2 cm³/mol. The lowest BCUT2D eigenvalue weighted by atomic mass is 9.98. The lowest BCUT2D eigenvalue weighted by molar-refractivity contribution is -0.899. The Morgan fingerprint density at radius 2 is 2.22 bits per heavy atom. The molecule has 1 unspecified atom stereocenters. The fourth-order valence-electron chi connectivity index (χ4n) is 2.64. The normalized spacial score (nSPS) is 20.6. The molecule has 2 amide bonds. The van der Waals surface area contributed by atoms with E-state index in [0.29, 0.717) is 13.2 Å². The number of piperidine rings is 1. The zero-order valence-corrected chi connectivity index (χ0v) is 13.1. The third-order valence-corrected chi connectivity index (χ3v) is 3.71. The number of quaternary nitrogens is 1. The number of ether oxygens (including phenoxy) is 1. The molecule has 8 heteroatoms. The molecule has 0 spiro atoms. The molecule has 2 heterocycles. The Hall–Kier alpha value is -2.35. The van der Waals surface area contributed by atoms with E-state index < -0.39 is 5.91 Å². The van der Waals surface area contributed by atoms with Crippen LogP contribution in [0.15, 0.2) is 22.8 Å². The molecule has 3 N–H and O–H groups in total. The Morgan fingerprint density at radius 1 is 1.39 bits per heavy atom. The summed E-state index contributed by atoms with van der Waals surface area (Å²) in [5.74, 6) is -1.07. The highest BCUT2D eigenvalue weighted by molar-refractivity contribution is 5.92. The van der Waals surface area contributed by atoms with Crippen molar-refractivity contribution >= 4 is 17.8 Å². The van der Waals surface area contributed by atoms with Gasteiger partial charge in [0.15, 0.2) is 12.3 Å². The third kappa shape index (κ3) is 5.10. The average Bonchev–Trinajstić information content (AvgIpc) is 3.07. The average molecular weight is 324 g/mol. The molecule has 0 aromatic carbocycles. The third-order valence-electron chi connectivity index (χ3n) is 3.71. The van der Waals surface area contributed by atoms with Crippen LogP contribution in [0.5, 0.6) is 0 Å². The number of furan rings is 1. The van der Waals surface area contributed by atoms with Crippen molar-refractivity contribution in [3.8, 4) is 0 Å². The van der Waals surface area contributed by atoms with Crippen molar-refractivity contribution in [2.24, 2.45) is 5.92 Å². The molecule has 2 atom stereocenters. The first-order valence-corrected chi connectivity index (χ1v) is 7.73. The van der Waals surface area contributed by atoms with Gasteiger partial charge in [0.25, 0.3) is 5.91 Å². The number of hydrogen-bond acceptors (Lipinski definition) is 5. The minimum atomic E-state index is -0.513. The quantitative estimate of drug-likeness (QED) is 0.471. The number of carbonyl (C=O) groups excluding carboxylic acids is 3. The van der Waals surface area contributed by atoms with Crippen LogP contribution in [0.4, 0.5) is 0 Å². The molecule has 0 radical (unpaired) electrons. The summed E-state index contributed by atoms with van der Waals surface area (Å²) in [7, 11) is 0. The second-order valence-corrected chi connectivity index (χ2v) is 5.45. The van der Waals surface area contributed by atoms with Crippen LogP contribution in [0, 0.1) is 5.92 Å². The van der Waals surface area contributed by atoms with Crippen molar-refractivity contribution in [3.63, 3.8) is 0 Å². The van der Waals surface area contributed by atoms with Gasteiger partial charge >= 0.3 is 11.9 Å². The van der Waals surface area contributed by atoms with Gasteiger partial charge in [0.2, 0.25) is 0 Å². The minimum absolute atomic E-state index is 0.123. The first kappa shape index (κ1) is 17.0. The van der Waals surface area contributed by atoms with Gasteiger partial charge in [-0.3, -0.25) is 25.2 Å². The van der Waals surface area contributed by atoms with E-state index in [9.17, 15) is 14.4 Å². The Kier molecular flexibility index (Phi) is 6.16. The molecule has 23 heavy (non-hydrogen) atoms. The summed E-state index contributed by atoms with van der Waals surface area (Å²) in [5, 5.41) is 0. The Balaban J connectivity index is 1.74. The van der Waals surface area contributed by atoms with Crippen LogP contribution < -0.4 is 15.8 Å². The predicted octanol–water partition coefficient (Wildman–Crippen LogP) is -1.10. The summed E-state index contributed by atoms with van der Waals surface area (Å²) in [6.07, 6.45) is 3.04. The SMILES string of the molecule is CCOC(=O)[C@H]1CCC[NH+](CC(=O)NNC(=O)c2ccco2)C1. The van der Waals surface area contributed by atoms with E-state index in [4.69, 9.17) is 9.15 Å². The van der Waals surface area contributed by atoms with Crippen LogP contribution in [0.2, 0.25) is 0 Å². The largest absolute Gasteiger partial charge is 0.466 e. The zero-order valence-electron chi connectivity index (χ0n) is 13.1. The van der Waals surface area contributed by atoms with Gasteiger partial charge in [-0.05, 0) is 31.9 Å². The second kappa shape index (κ2) is 8.33. The summed E-state index contributed by atoms with van der Waals surface area (Å²) >= 11 is 0. The summed E-state index contributed by atoms with van der Waals surface area (Å²) in [4.78, 5) is 36.3. The minimum Gasteiger partial charge on any atom is -0.466 e. The standard InChI is InChI=1S/C15H21N3O5/c1-2-22-15(21)11-5-3-7-18(9-11)10-13(19)16-17-14(20)12-6-4-8-23-12/h4,6,8,11H,2-3,5,7,9-10H2,1H3,(H,16,19)(H,17,20)/p+1/t11-/m0/s1. The number of esters is 1. The highest BCUT2D eigenvalue weighted by Gasteiger charge is 2.30. The maximum atomic E-state index is 11.9. The maximum absolute atomic E-state index is 11.9. The Bertz CT molecular complexity index is 543. The van der Waals surface area contributed by atoms with E-state index in [1.165, 1.54) is 12.3 Å². The molecule has 0 bridgehead atoms. The fraction of sp³-hybridized carbons (Fsp3) is 0.533. The zero-order chi connectivity index (χ0) is 16.7. The molecular formula is C15H22N3O5+. The number of likely N-dealkylation sites (tertiary alicyclic amines) is 1. The topological polar surface area (TPSA) is 102 Å². The van der Waals surface area contributed by atoms with E-state index in [1.807, 2.05) is 0 Å². The number of amides is 2. The smallest absolute Gasteiger partial charge is 0.314 e. The lowest BCUT2D eigenvalue weighted by Crippen LogP contribution is -3.15. The number of nitrogens with one attached hydrogen (secondary N) is 3. The summed E-state index contributed by atoms with van der Waals surface area (Å²) in [6.45, 7) is 3.71. The van der Waals surface area contributed by atoms with Crippen LogP contribution in [-0.4, -0.2) is 44.0 Å². The van der Waals surface area contributed by atoms with Gasteiger partial charge in [0.05, 0.1) is 26.0 Å². The van der Waals surface area contributed by atoms with Crippen molar-refractivity contribution in [2.75, 3.05) is 26.2 Å². The Labute approximate surface area is 134 Å². The van der Waals surface area contributed by atoms with Gasteiger partial charge in [0.1, 0.15) is 5.92 Å². The lowest BCUT2D eigenvalue weighted by Gasteiger charge is -2.28. The van der Waals surface area contributed by atoms with Gasteiger partial charge in [-0.2, -0.15) is 0 Å². The van der Waals surface area contributed by atoms with Crippen LogP contribution in [0.1, 0.15) is 30.3 Å². The molecule has 0 saturated carbocycles. The van der Waals surface area contributed by atoms with Crippen LogP contribution in [0.3, 0.4) is 0 Å². The Morgan fingerprint density at radius 3 is 2.91 bits per heavy atom. The van der Waals surface area contributed by atoms with Crippen molar-refractivity contribution in [2.45, 2.75) is 19.8 Å². The van der Waals surface area contributed by atoms with Crippen LogP contribution in [-0.2, 0) is 14.3 Å². The summed E-state index contributed by atoms with van der Waals surface area (Å²) in [5.41, 5.74) is 4.64. The maximum Gasteiger partial charge on any atom is 0.314 e.